The van der Waals surface area contributed by atoms with Crippen LogP contribution in [0.3, 0.4) is 0 Å². The summed E-state index contributed by atoms with van der Waals surface area (Å²) in [7, 11) is 0. The Labute approximate surface area is 188 Å². The van der Waals surface area contributed by atoms with Gasteiger partial charge in [0, 0.05) is 29.1 Å². The fraction of sp³-hybridized carbons (Fsp3) is 0.0400. The van der Waals surface area contributed by atoms with Gasteiger partial charge in [0.2, 0.25) is 0 Å². The Morgan fingerprint density at radius 1 is 0.844 bits per heavy atom. The van der Waals surface area contributed by atoms with E-state index in [1.54, 1.807) is 17.8 Å². The Kier molecular flexibility index (Phi) is 5.39. The first-order valence-corrected chi connectivity index (χ1v) is 11.0. The van der Waals surface area contributed by atoms with E-state index in [4.69, 9.17) is 0 Å². The maximum atomic E-state index is 11.3. The molecule has 32 heavy (non-hydrogen) atoms. The van der Waals surface area contributed by atoms with Crippen LogP contribution in [0.5, 0.6) is 0 Å². The number of nitro groups is 1. The smallest absolute Gasteiger partial charge is 0.270 e. The third-order valence-electron chi connectivity index (χ3n) is 5.20. The summed E-state index contributed by atoms with van der Waals surface area (Å²) in [4.78, 5) is 10.9. The molecule has 5 rings (SSSR count). The Hall–Kier alpha value is -3.97. The molecule has 0 aliphatic carbocycles. The minimum Gasteiger partial charge on any atom is -0.270 e. The van der Waals surface area contributed by atoms with Gasteiger partial charge >= 0.3 is 0 Å². The van der Waals surface area contributed by atoms with Gasteiger partial charge in [0.15, 0.2) is 11.0 Å². The summed E-state index contributed by atoms with van der Waals surface area (Å²) < 4.78 is 1.95. The number of rotatable bonds is 6. The molecule has 0 amide bonds. The Morgan fingerprint density at radius 2 is 1.59 bits per heavy atom. The van der Waals surface area contributed by atoms with Gasteiger partial charge in [-0.1, -0.05) is 84.6 Å². The van der Waals surface area contributed by atoms with Gasteiger partial charge in [-0.05, 0) is 28.5 Å². The number of nitro benzene ring substituents is 1. The van der Waals surface area contributed by atoms with Crippen molar-refractivity contribution in [2.45, 2.75) is 10.9 Å². The van der Waals surface area contributed by atoms with Crippen molar-refractivity contribution in [3.63, 3.8) is 0 Å². The van der Waals surface area contributed by atoms with E-state index in [1.807, 2.05) is 53.1 Å². The van der Waals surface area contributed by atoms with Gasteiger partial charge in [0.05, 0.1) is 4.92 Å². The predicted octanol–water partition coefficient (Wildman–Crippen LogP) is 6.29. The van der Waals surface area contributed by atoms with Crippen molar-refractivity contribution in [2.24, 2.45) is 0 Å². The maximum Gasteiger partial charge on any atom is 0.270 e. The topological polar surface area (TPSA) is 73.8 Å². The molecule has 156 valence electrons. The molecule has 6 nitrogen and oxygen atoms in total. The van der Waals surface area contributed by atoms with E-state index in [2.05, 4.69) is 40.5 Å². The third-order valence-corrected chi connectivity index (χ3v) is 6.18. The second-order valence-corrected chi connectivity index (χ2v) is 8.15. The summed E-state index contributed by atoms with van der Waals surface area (Å²) >= 11 is 1.59. The summed E-state index contributed by atoms with van der Waals surface area (Å²) in [5.41, 5.74) is 2.79. The Balaban J connectivity index is 1.56. The highest BCUT2D eigenvalue weighted by Crippen LogP contribution is 2.32. The van der Waals surface area contributed by atoms with Crippen LogP contribution < -0.4 is 0 Å². The van der Waals surface area contributed by atoms with Crippen molar-refractivity contribution in [2.75, 3.05) is 0 Å². The lowest BCUT2D eigenvalue weighted by Gasteiger charge is -2.11. The fourth-order valence-electron chi connectivity index (χ4n) is 3.68. The number of thioether (sulfide) groups is 1. The van der Waals surface area contributed by atoms with Crippen LogP contribution in [0.25, 0.3) is 27.8 Å². The highest BCUT2D eigenvalue weighted by Gasteiger charge is 2.18. The highest BCUT2D eigenvalue weighted by molar-refractivity contribution is 7.98. The summed E-state index contributed by atoms with van der Waals surface area (Å²) in [5.74, 6) is 1.29. The SMILES string of the molecule is O=[N+]([O-])c1cccc(-c2nnc(SCc3cccc4ccccc34)n2-c2ccccc2)c1. The molecule has 0 saturated heterocycles. The molecule has 0 atom stereocenters. The molecule has 0 radical (unpaired) electrons. The molecule has 0 aliphatic rings. The third kappa shape index (κ3) is 3.86. The van der Waals surface area contributed by atoms with Gasteiger partial charge in [-0.2, -0.15) is 0 Å². The first kappa shape index (κ1) is 20.0. The van der Waals surface area contributed by atoms with E-state index in [0.29, 0.717) is 11.4 Å². The van der Waals surface area contributed by atoms with Crippen LogP contribution in [0.15, 0.2) is 102 Å². The minimum absolute atomic E-state index is 0.0232. The van der Waals surface area contributed by atoms with E-state index in [1.165, 1.54) is 28.5 Å². The number of non-ortho nitro benzene ring substituents is 1. The molecule has 7 heteroatoms. The van der Waals surface area contributed by atoms with E-state index < -0.39 is 4.92 Å². The van der Waals surface area contributed by atoms with Crippen molar-refractivity contribution in [3.8, 4) is 17.1 Å². The number of fused-ring (bicyclic) bond motifs is 1. The lowest BCUT2D eigenvalue weighted by molar-refractivity contribution is -0.384. The van der Waals surface area contributed by atoms with Crippen LogP contribution in [0.4, 0.5) is 5.69 Å². The van der Waals surface area contributed by atoms with Gasteiger partial charge < -0.3 is 0 Å². The van der Waals surface area contributed by atoms with E-state index in [9.17, 15) is 10.1 Å². The number of benzene rings is 4. The van der Waals surface area contributed by atoms with Crippen LogP contribution in [0.1, 0.15) is 5.56 Å². The number of hydrogen-bond donors (Lipinski definition) is 0. The second kappa shape index (κ2) is 8.64. The van der Waals surface area contributed by atoms with Crippen molar-refractivity contribution in [1.29, 1.82) is 0 Å². The van der Waals surface area contributed by atoms with E-state index in [-0.39, 0.29) is 5.69 Å². The average Bonchev–Trinajstić information content (AvgIpc) is 3.27. The molecule has 1 heterocycles. The van der Waals surface area contributed by atoms with Crippen molar-refractivity contribution >= 4 is 28.2 Å². The molecular weight excluding hydrogens is 420 g/mol. The zero-order valence-electron chi connectivity index (χ0n) is 17.0. The second-order valence-electron chi connectivity index (χ2n) is 7.21. The lowest BCUT2D eigenvalue weighted by atomic mass is 10.1. The quantitative estimate of drug-likeness (QED) is 0.177. The number of aromatic nitrogens is 3. The zero-order chi connectivity index (χ0) is 21.9. The van der Waals surface area contributed by atoms with Gasteiger partial charge in [-0.3, -0.25) is 14.7 Å². The largest absolute Gasteiger partial charge is 0.270 e. The molecule has 0 aliphatic heterocycles. The molecule has 0 spiro atoms. The molecule has 5 aromatic rings. The van der Waals surface area contributed by atoms with Gasteiger partial charge in [-0.25, -0.2) is 0 Å². The molecule has 0 saturated carbocycles. The van der Waals surface area contributed by atoms with Gasteiger partial charge in [0.1, 0.15) is 0 Å². The summed E-state index contributed by atoms with van der Waals surface area (Å²) in [6.45, 7) is 0. The molecule has 0 N–H and O–H groups in total. The number of hydrogen-bond acceptors (Lipinski definition) is 5. The monoisotopic (exact) mass is 438 g/mol. The molecule has 1 aromatic heterocycles. The van der Waals surface area contributed by atoms with Crippen molar-refractivity contribution < 1.29 is 4.92 Å². The molecular formula is C25H18N4O2S. The van der Waals surface area contributed by atoms with Gasteiger partial charge in [-0.15, -0.1) is 10.2 Å². The first-order valence-electron chi connectivity index (χ1n) is 10.1. The van der Waals surface area contributed by atoms with Crippen LogP contribution in [0.2, 0.25) is 0 Å². The van der Waals surface area contributed by atoms with Crippen LogP contribution in [0, 0.1) is 10.1 Å². The van der Waals surface area contributed by atoms with Crippen LogP contribution in [-0.4, -0.2) is 19.7 Å². The zero-order valence-corrected chi connectivity index (χ0v) is 17.8. The maximum absolute atomic E-state index is 11.3. The molecule has 0 bridgehead atoms. The van der Waals surface area contributed by atoms with Crippen LogP contribution >= 0.6 is 11.8 Å². The minimum atomic E-state index is -0.400. The average molecular weight is 439 g/mol. The Bertz CT molecular complexity index is 1410. The summed E-state index contributed by atoms with van der Waals surface area (Å²) in [6.07, 6.45) is 0. The molecule has 0 unspecified atom stereocenters. The standard InChI is InChI=1S/C25H18N4O2S/c30-29(31)22-14-7-10-19(16-22)24-26-27-25(28(24)21-12-2-1-3-13-21)32-17-20-11-6-9-18-8-4-5-15-23(18)20/h1-16H,17H2. The number of para-hydroxylation sites is 1. The Morgan fingerprint density at radius 3 is 2.44 bits per heavy atom. The van der Waals surface area contributed by atoms with Gasteiger partial charge in [0.25, 0.3) is 5.69 Å². The summed E-state index contributed by atoms with van der Waals surface area (Å²) in [6, 6.07) is 30.9. The predicted molar refractivity (Wildman–Crippen MR) is 127 cm³/mol. The van der Waals surface area contributed by atoms with E-state index >= 15 is 0 Å². The van der Waals surface area contributed by atoms with Crippen LogP contribution in [-0.2, 0) is 5.75 Å². The summed E-state index contributed by atoms with van der Waals surface area (Å²) in [5, 5.41) is 23.3. The fourth-order valence-corrected chi connectivity index (χ4v) is 4.64. The van der Waals surface area contributed by atoms with Crippen molar-refractivity contribution in [3.05, 3.63) is 113 Å². The normalized spacial score (nSPS) is 11.0. The molecule has 0 fully saturated rings. The van der Waals surface area contributed by atoms with E-state index in [0.717, 1.165) is 16.6 Å². The van der Waals surface area contributed by atoms with Crippen molar-refractivity contribution in [1.82, 2.24) is 14.8 Å². The highest BCUT2D eigenvalue weighted by atomic mass is 32.2. The molecule has 4 aromatic carbocycles. The lowest BCUT2D eigenvalue weighted by Crippen LogP contribution is -2.00. The first-order chi connectivity index (χ1) is 15.7. The number of nitrogens with zero attached hydrogens (tertiary/aromatic N) is 4.